The molecule has 0 saturated carbocycles. The van der Waals surface area contributed by atoms with Gasteiger partial charge in [0.15, 0.2) is 0 Å². The van der Waals surface area contributed by atoms with Crippen LogP contribution in [0.2, 0.25) is 10.0 Å². The molecule has 0 bridgehead atoms. The summed E-state index contributed by atoms with van der Waals surface area (Å²) in [5, 5.41) is 7.95. The molecule has 9 heteroatoms. The normalized spacial score (nSPS) is 22.2. The quantitative estimate of drug-likeness (QED) is 0.663. The van der Waals surface area contributed by atoms with Crippen molar-refractivity contribution in [3.8, 4) is 0 Å². The summed E-state index contributed by atoms with van der Waals surface area (Å²) in [7, 11) is 0. The molecule has 3 aliphatic rings. The number of halogens is 2. The van der Waals surface area contributed by atoms with Crippen molar-refractivity contribution in [3.63, 3.8) is 0 Å². The van der Waals surface area contributed by atoms with Crippen LogP contribution in [-0.4, -0.2) is 59.5 Å². The molecule has 1 aromatic carbocycles. The second-order valence-corrected chi connectivity index (χ2v) is 10.3. The molecule has 33 heavy (non-hydrogen) atoms. The third-order valence-electron chi connectivity index (χ3n) is 7.33. The maximum atomic E-state index is 12.8. The Balaban J connectivity index is 1.16. The Hall–Kier alpha value is -2.09. The van der Waals surface area contributed by atoms with Crippen LogP contribution in [0.15, 0.2) is 30.5 Å². The summed E-state index contributed by atoms with van der Waals surface area (Å²) in [6, 6.07) is 7.41. The monoisotopic (exact) mass is 488 g/mol. The number of anilines is 2. The predicted octanol–water partition coefficient (Wildman–Crippen LogP) is 3.97. The maximum absolute atomic E-state index is 12.8. The van der Waals surface area contributed by atoms with Crippen LogP contribution in [0.5, 0.6) is 0 Å². The Kier molecular flexibility index (Phi) is 6.63. The molecule has 3 fully saturated rings. The third kappa shape index (κ3) is 5.05. The Morgan fingerprint density at radius 3 is 2.76 bits per heavy atom. The van der Waals surface area contributed by atoms with E-state index in [-0.39, 0.29) is 11.5 Å². The average molecular weight is 489 g/mol. The average Bonchev–Trinajstić information content (AvgIpc) is 3.50. The zero-order valence-electron chi connectivity index (χ0n) is 18.7. The van der Waals surface area contributed by atoms with Gasteiger partial charge in [-0.3, -0.25) is 4.79 Å². The number of likely N-dealkylation sites (tertiary alicyclic amines) is 1. The summed E-state index contributed by atoms with van der Waals surface area (Å²) in [4.78, 5) is 26.4. The van der Waals surface area contributed by atoms with Crippen molar-refractivity contribution in [1.29, 1.82) is 0 Å². The van der Waals surface area contributed by atoms with E-state index in [1.165, 1.54) is 0 Å². The highest BCUT2D eigenvalue weighted by Gasteiger charge is 2.43. The van der Waals surface area contributed by atoms with Gasteiger partial charge in [0, 0.05) is 49.0 Å². The van der Waals surface area contributed by atoms with Crippen molar-refractivity contribution < 1.29 is 4.79 Å². The number of piperidine rings is 1. The first-order valence-electron chi connectivity index (χ1n) is 11.8. The van der Waals surface area contributed by atoms with E-state index >= 15 is 0 Å². The summed E-state index contributed by atoms with van der Waals surface area (Å²) in [6.45, 7) is 5.13. The number of hydrogen-bond donors (Lipinski definition) is 2. The highest BCUT2D eigenvalue weighted by molar-refractivity contribution is 6.35. The van der Waals surface area contributed by atoms with Gasteiger partial charge in [0.25, 0.3) is 0 Å². The number of amides is 1. The number of nitrogens with zero attached hydrogens (tertiary/aromatic N) is 4. The summed E-state index contributed by atoms with van der Waals surface area (Å²) in [6.07, 6.45) is 7.10. The van der Waals surface area contributed by atoms with Crippen LogP contribution in [0.4, 0.5) is 11.8 Å². The van der Waals surface area contributed by atoms with Crippen molar-refractivity contribution in [2.45, 2.75) is 44.7 Å². The van der Waals surface area contributed by atoms with Crippen LogP contribution in [0.25, 0.3) is 0 Å². The van der Waals surface area contributed by atoms with Gasteiger partial charge in [-0.05, 0) is 67.8 Å². The Morgan fingerprint density at radius 1 is 1.18 bits per heavy atom. The molecule has 0 aliphatic carbocycles. The first kappa shape index (κ1) is 22.7. The molecule has 2 aromatic rings. The molecule has 3 aliphatic heterocycles. The molecule has 3 saturated heterocycles. The van der Waals surface area contributed by atoms with Crippen LogP contribution in [0.1, 0.15) is 37.7 Å². The maximum Gasteiger partial charge on any atom is 0.239 e. The van der Waals surface area contributed by atoms with E-state index in [2.05, 4.69) is 25.4 Å². The lowest BCUT2D eigenvalue weighted by Crippen LogP contribution is -2.46. The van der Waals surface area contributed by atoms with Crippen LogP contribution in [0, 0.1) is 5.41 Å². The van der Waals surface area contributed by atoms with Gasteiger partial charge in [-0.15, -0.1) is 0 Å². The number of hydrogen-bond acceptors (Lipinski definition) is 6. The summed E-state index contributed by atoms with van der Waals surface area (Å²) < 4.78 is 0. The molecule has 176 valence electrons. The Morgan fingerprint density at radius 2 is 2.00 bits per heavy atom. The SMILES string of the molecule is O=C([C@H]1CCCN1)N1CCC2(CCN(c3nccc(NCc4ccc(Cl)cc4Cl)n3)CC2)C1. The largest absolute Gasteiger partial charge is 0.366 e. The van der Waals surface area contributed by atoms with Crippen molar-refractivity contribution in [1.82, 2.24) is 20.2 Å². The van der Waals surface area contributed by atoms with E-state index in [4.69, 9.17) is 28.2 Å². The minimum Gasteiger partial charge on any atom is -0.366 e. The van der Waals surface area contributed by atoms with Gasteiger partial charge in [0.2, 0.25) is 11.9 Å². The molecule has 7 nitrogen and oxygen atoms in total. The molecule has 1 aromatic heterocycles. The first-order valence-corrected chi connectivity index (χ1v) is 12.5. The van der Waals surface area contributed by atoms with Crippen molar-refractivity contribution in [3.05, 3.63) is 46.1 Å². The van der Waals surface area contributed by atoms with Crippen molar-refractivity contribution in [2.75, 3.05) is 42.9 Å². The van der Waals surface area contributed by atoms with Crippen LogP contribution >= 0.6 is 23.2 Å². The molecule has 1 amide bonds. The summed E-state index contributed by atoms with van der Waals surface area (Å²) in [5.74, 6) is 1.82. The van der Waals surface area contributed by atoms with Crippen LogP contribution < -0.4 is 15.5 Å². The number of nitrogens with one attached hydrogen (secondary N) is 2. The zero-order valence-corrected chi connectivity index (χ0v) is 20.2. The van der Waals surface area contributed by atoms with E-state index in [9.17, 15) is 4.79 Å². The van der Waals surface area contributed by atoms with Gasteiger partial charge in [-0.25, -0.2) is 4.98 Å². The second kappa shape index (κ2) is 9.65. The molecule has 1 spiro atoms. The van der Waals surface area contributed by atoms with Gasteiger partial charge in [0.05, 0.1) is 6.04 Å². The topological polar surface area (TPSA) is 73.4 Å². The summed E-state index contributed by atoms with van der Waals surface area (Å²) >= 11 is 12.3. The number of benzene rings is 1. The molecule has 1 atom stereocenters. The number of carbonyl (C=O) groups is 1. The predicted molar refractivity (Wildman–Crippen MR) is 132 cm³/mol. The van der Waals surface area contributed by atoms with Crippen LogP contribution in [-0.2, 0) is 11.3 Å². The fourth-order valence-electron chi connectivity index (χ4n) is 5.28. The first-order chi connectivity index (χ1) is 16.0. The molecular formula is C24H30Cl2N6O. The number of carbonyl (C=O) groups excluding carboxylic acids is 1. The minimum atomic E-state index is 0.0339. The number of rotatable bonds is 5. The molecule has 4 heterocycles. The lowest BCUT2D eigenvalue weighted by molar-refractivity contribution is -0.132. The highest BCUT2D eigenvalue weighted by atomic mass is 35.5. The smallest absolute Gasteiger partial charge is 0.239 e. The molecule has 5 rings (SSSR count). The molecule has 2 N–H and O–H groups in total. The van der Waals surface area contributed by atoms with E-state index in [0.717, 1.165) is 82.2 Å². The van der Waals surface area contributed by atoms with E-state index < -0.39 is 0 Å². The van der Waals surface area contributed by atoms with Crippen molar-refractivity contribution in [2.24, 2.45) is 5.41 Å². The lowest BCUT2D eigenvalue weighted by atomic mass is 9.78. The Labute approximate surface area is 204 Å². The lowest BCUT2D eigenvalue weighted by Gasteiger charge is -2.39. The minimum absolute atomic E-state index is 0.0339. The molecular weight excluding hydrogens is 459 g/mol. The van der Waals surface area contributed by atoms with Gasteiger partial charge in [0.1, 0.15) is 5.82 Å². The number of aromatic nitrogens is 2. The van der Waals surface area contributed by atoms with Gasteiger partial charge >= 0.3 is 0 Å². The fourth-order valence-corrected chi connectivity index (χ4v) is 5.75. The van der Waals surface area contributed by atoms with Gasteiger partial charge in [-0.1, -0.05) is 29.3 Å². The van der Waals surface area contributed by atoms with E-state index in [0.29, 0.717) is 22.5 Å². The zero-order chi connectivity index (χ0) is 22.8. The standard InChI is InChI=1S/C24H30Cl2N6O/c25-18-4-3-17(19(26)14-18)15-29-21-5-10-28-23(30-21)31-11-6-24(7-12-31)8-13-32(16-24)22(33)20-2-1-9-27-20/h3-5,10,14,20,27H,1-2,6-9,11-13,15-16H2,(H,28,29,30)/t20-/m1/s1. The highest BCUT2D eigenvalue weighted by Crippen LogP contribution is 2.41. The summed E-state index contributed by atoms with van der Waals surface area (Å²) in [5.41, 5.74) is 1.21. The van der Waals surface area contributed by atoms with E-state index in [1.54, 1.807) is 12.3 Å². The van der Waals surface area contributed by atoms with Crippen LogP contribution in [0.3, 0.4) is 0 Å². The molecule has 0 radical (unpaired) electrons. The van der Waals surface area contributed by atoms with Gasteiger partial charge in [-0.2, -0.15) is 4.98 Å². The fraction of sp³-hybridized carbons (Fsp3) is 0.542. The molecule has 0 unspecified atom stereocenters. The second-order valence-electron chi connectivity index (χ2n) is 9.48. The van der Waals surface area contributed by atoms with E-state index in [1.807, 2.05) is 18.2 Å². The Bertz CT molecular complexity index is 1000. The third-order valence-corrected chi connectivity index (χ3v) is 7.92. The van der Waals surface area contributed by atoms with Crippen molar-refractivity contribution >= 4 is 40.9 Å². The van der Waals surface area contributed by atoms with Gasteiger partial charge < -0.3 is 20.4 Å².